The second-order valence-electron chi connectivity index (χ2n) is 3.63. The van der Waals surface area contributed by atoms with Gasteiger partial charge >= 0.3 is 0 Å². The topological polar surface area (TPSA) is 26.0 Å². The van der Waals surface area contributed by atoms with Crippen LogP contribution in [0.5, 0.6) is 0 Å². The quantitative estimate of drug-likeness (QED) is 0.579. The van der Waals surface area contributed by atoms with Gasteiger partial charge in [0.2, 0.25) is 0 Å². The molecule has 1 nitrogen and oxygen atoms in total. The van der Waals surface area contributed by atoms with Gasteiger partial charge in [-0.2, -0.15) is 0 Å². The van der Waals surface area contributed by atoms with Crippen molar-refractivity contribution in [2.24, 2.45) is 11.7 Å². The zero-order valence-corrected chi connectivity index (χ0v) is 7.24. The molecule has 0 saturated carbocycles. The summed E-state index contributed by atoms with van der Waals surface area (Å²) in [5.41, 5.74) is 7.32. The minimum Gasteiger partial charge on any atom is -0.324 e. The van der Waals surface area contributed by atoms with Crippen LogP contribution < -0.4 is 5.73 Å². The molecule has 1 heteroatoms. The fourth-order valence-electron chi connectivity index (χ4n) is 1.89. The number of hydrogen-bond donors (Lipinski definition) is 1. The molecule has 0 aromatic heterocycles. The highest BCUT2D eigenvalue weighted by Gasteiger charge is 2.16. The third-order valence-corrected chi connectivity index (χ3v) is 2.70. The minimum absolute atomic E-state index is 0.275. The maximum Gasteiger partial charge on any atom is 0.0227 e. The molecule has 0 fully saturated rings. The van der Waals surface area contributed by atoms with Crippen LogP contribution in [0, 0.1) is 5.92 Å². The zero-order valence-electron chi connectivity index (χ0n) is 7.24. The molecule has 2 atom stereocenters. The summed E-state index contributed by atoms with van der Waals surface area (Å²) in [6.07, 6.45) is 14.5. The number of nitrogens with two attached hydrogens (primary N) is 1. The normalized spacial score (nSPS) is 33.9. The lowest BCUT2D eigenvalue weighted by molar-refractivity contribution is 0.535. The van der Waals surface area contributed by atoms with E-state index in [1.807, 2.05) is 0 Å². The molecule has 0 amide bonds. The molecular weight excluding hydrogens is 146 g/mol. The Labute approximate surface area is 73.6 Å². The van der Waals surface area contributed by atoms with Gasteiger partial charge in [0.25, 0.3) is 0 Å². The van der Waals surface area contributed by atoms with Crippen molar-refractivity contribution in [1.29, 1.82) is 0 Å². The second kappa shape index (κ2) is 3.28. The third kappa shape index (κ3) is 1.51. The summed E-state index contributed by atoms with van der Waals surface area (Å²) in [4.78, 5) is 0. The van der Waals surface area contributed by atoms with E-state index in [1.54, 1.807) is 0 Å². The molecule has 0 bridgehead atoms. The number of hydrogen-bond acceptors (Lipinski definition) is 1. The van der Waals surface area contributed by atoms with Gasteiger partial charge in [-0.1, -0.05) is 30.4 Å². The van der Waals surface area contributed by atoms with E-state index in [9.17, 15) is 0 Å². The first-order valence-corrected chi connectivity index (χ1v) is 4.67. The fraction of sp³-hybridized carbons (Fsp3) is 0.455. The first-order valence-electron chi connectivity index (χ1n) is 4.67. The largest absolute Gasteiger partial charge is 0.324 e. The van der Waals surface area contributed by atoms with Gasteiger partial charge in [-0.05, 0) is 30.8 Å². The Hall–Kier alpha value is -0.820. The van der Waals surface area contributed by atoms with Gasteiger partial charge in [0.1, 0.15) is 0 Å². The molecule has 0 saturated heterocycles. The molecule has 2 aliphatic carbocycles. The maximum absolute atomic E-state index is 5.85. The number of rotatable bonds is 0. The molecule has 0 aromatic rings. The molecule has 2 rings (SSSR count). The van der Waals surface area contributed by atoms with Crippen LogP contribution in [0.2, 0.25) is 0 Å². The van der Waals surface area contributed by atoms with Crippen LogP contribution in [0.4, 0.5) is 0 Å². The van der Waals surface area contributed by atoms with Crippen LogP contribution in [-0.4, -0.2) is 6.04 Å². The predicted octanol–water partition coefficient (Wildman–Crippen LogP) is 2.17. The minimum atomic E-state index is 0.275. The van der Waals surface area contributed by atoms with Gasteiger partial charge < -0.3 is 5.73 Å². The first-order chi connectivity index (χ1) is 5.86. The average Bonchev–Trinajstić information content (AvgIpc) is 2.29. The van der Waals surface area contributed by atoms with Crippen molar-refractivity contribution in [3.8, 4) is 0 Å². The van der Waals surface area contributed by atoms with Gasteiger partial charge in [0.05, 0.1) is 0 Å². The Morgan fingerprint density at radius 1 is 1.33 bits per heavy atom. The first kappa shape index (κ1) is 7.81. The summed E-state index contributed by atoms with van der Waals surface area (Å²) < 4.78 is 0. The molecule has 12 heavy (non-hydrogen) atoms. The van der Waals surface area contributed by atoms with Crippen LogP contribution in [0.1, 0.15) is 19.3 Å². The monoisotopic (exact) mass is 161 g/mol. The molecule has 2 unspecified atom stereocenters. The summed E-state index contributed by atoms with van der Waals surface area (Å²) in [6, 6.07) is 0.275. The molecule has 2 aliphatic rings. The van der Waals surface area contributed by atoms with Crippen LogP contribution in [-0.2, 0) is 0 Å². The molecular formula is C11H15N. The van der Waals surface area contributed by atoms with Crippen molar-refractivity contribution in [1.82, 2.24) is 0 Å². The predicted molar refractivity (Wildman–Crippen MR) is 51.7 cm³/mol. The highest BCUT2D eigenvalue weighted by molar-refractivity contribution is 5.31. The molecule has 0 heterocycles. The van der Waals surface area contributed by atoms with E-state index < -0.39 is 0 Å². The van der Waals surface area contributed by atoms with Crippen LogP contribution in [0.3, 0.4) is 0 Å². The van der Waals surface area contributed by atoms with Gasteiger partial charge in [0, 0.05) is 6.04 Å². The summed E-state index contributed by atoms with van der Waals surface area (Å²) >= 11 is 0. The summed E-state index contributed by atoms with van der Waals surface area (Å²) in [5, 5.41) is 0. The highest BCUT2D eigenvalue weighted by atomic mass is 14.6. The summed E-state index contributed by atoms with van der Waals surface area (Å²) in [7, 11) is 0. The van der Waals surface area contributed by atoms with E-state index in [-0.39, 0.29) is 6.04 Å². The molecule has 0 radical (unpaired) electrons. The van der Waals surface area contributed by atoms with E-state index >= 15 is 0 Å². The molecule has 0 spiro atoms. The molecule has 64 valence electrons. The Morgan fingerprint density at radius 3 is 3.17 bits per heavy atom. The Kier molecular flexibility index (Phi) is 2.13. The van der Waals surface area contributed by atoms with Crippen molar-refractivity contribution in [3.63, 3.8) is 0 Å². The van der Waals surface area contributed by atoms with Crippen molar-refractivity contribution in [2.45, 2.75) is 25.3 Å². The van der Waals surface area contributed by atoms with E-state index in [0.717, 1.165) is 12.3 Å². The molecule has 0 aliphatic heterocycles. The number of fused-ring (bicyclic) bond motifs is 1. The average molecular weight is 161 g/mol. The van der Waals surface area contributed by atoms with Crippen molar-refractivity contribution in [2.75, 3.05) is 0 Å². The van der Waals surface area contributed by atoms with Crippen LogP contribution in [0.15, 0.2) is 36.0 Å². The van der Waals surface area contributed by atoms with E-state index in [1.165, 1.54) is 18.4 Å². The van der Waals surface area contributed by atoms with Gasteiger partial charge in [-0.25, -0.2) is 0 Å². The smallest absolute Gasteiger partial charge is 0.0227 e. The molecule has 2 N–H and O–H groups in total. The van der Waals surface area contributed by atoms with Gasteiger partial charge in [0.15, 0.2) is 0 Å². The second-order valence-corrected chi connectivity index (χ2v) is 3.63. The van der Waals surface area contributed by atoms with Gasteiger partial charge in [-0.3, -0.25) is 0 Å². The SMILES string of the molecule is NC1C=CC2=CC=CCC2CC1. The fourth-order valence-corrected chi connectivity index (χ4v) is 1.89. The molecule has 0 aromatic carbocycles. The third-order valence-electron chi connectivity index (χ3n) is 2.70. The number of allylic oxidation sites excluding steroid dienone is 5. The Balaban J connectivity index is 2.20. The lowest BCUT2D eigenvalue weighted by Crippen LogP contribution is -2.16. The van der Waals surface area contributed by atoms with E-state index in [4.69, 9.17) is 5.73 Å². The standard InChI is InChI=1S/C11H15N/c12-11-7-5-9-3-1-2-4-10(9)6-8-11/h1-3,5,7,10-11H,4,6,8,12H2. The summed E-state index contributed by atoms with van der Waals surface area (Å²) in [6.45, 7) is 0. The van der Waals surface area contributed by atoms with Crippen molar-refractivity contribution < 1.29 is 0 Å². The summed E-state index contributed by atoms with van der Waals surface area (Å²) in [5.74, 6) is 0.736. The van der Waals surface area contributed by atoms with E-state index in [2.05, 4.69) is 30.4 Å². The van der Waals surface area contributed by atoms with Crippen LogP contribution >= 0.6 is 0 Å². The highest BCUT2D eigenvalue weighted by Crippen LogP contribution is 2.28. The van der Waals surface area contributed by atoms with E-state index in [0.29, 0.717) is 0 Å². The Morgan fingerprint density at radius 2 is 2.25 bits per heavy atom. The van der Waals surface area contributed by atoms with Crippen molar-refractivity contribution >= 4 is 0 Å². The lowest BCUT2D eigenvalue weighted by Gasteiger charge is -2.17. The van der Waals surface area contributed by atoms with Crippen LogP contribution in [0.25, 0.3) is 0 Å². The zero-order chi connectivity index (χ0) is 8.39. The van der Waals surface area contributed by atoms with Crippen molar-refractivity contribution in [3.05, 3.63) is 36.0 Å². The lowest BCUT2D eigenvalue weighted by atomic mass is 9.89. The Bertz CT molecular complexity index is 248. The van der Waals surface area contributed by atoms with Gasteiger partial charge in [-0.15, -0.1) is 0 Å². The maximum atomic E-state index is 5.85.